The van der Waals surface area contributed by atoms with Crippen LogP contribution in [-0.2, 0) is 11.2 Å². The number of para-hydroxylation sites is 1. The van der Waals surface area contributed by atoms with Gasteiger partial charge >= 0.3 is 0 Å². The van der Waals surface area contributed by atoms with Gasteiger partial charge in [0.1, 0.15) is 23.0 Å². The van der Waals surface area contributed by atoms with Crippen LogP contribution in [0.25, 0.3) is 17.0 Å². The molecule has 1 N–H and O–H groups in total. The van der Waals surface area contributed by atoms with Crippen LogP contribution in [0, 0.1) is 11.3 Å². The van der Waals surface area contributed by atoms with Gasteiger partial charge in [-0.1, -0.05) is 31.2 Å². The number of rotatable bonds is 5. The summed E-state index contributed by atoms with van der Waals surface area (Å²) >= 11 is 0. The molecule has 1 aromatic carbocycles. The van der Waals surface area contributed by atoms with Gasteiger partial charge < -0.3 is 9.73 Å². The van der Waals surface area contributed by atoms with Crippen molar-refractivity contribution < 1.29 is 9.21 Å². The van der Waals surface area contributed by atoms with Crippen LogP contribution < -0.4 is 5.32 Å². The highest BCUT2D eigenvalue weighted by Gasteiger charge is 2.14. The fourth-order valence-corrected chi connectivity index (χ4v) is 2.09. The fraction of sp³-hybridized carbons (Fsp3) is 0.176. The number of amides is 1. The van der Waals surface area contributed by atoms with Crippen molar-refractivity contribution in [1.29, 1.82) is 5.26 Å². The number of nitriles is 1. The second-order valence-corrected chi connectivity index (χ2v) is 4.46. The first-order chi connectivity index (χ1) is 10.2. The van der Waals surface area contributed by atoms with Gasteiger partial charge in [-0.05, 0) is 12.1 Å². The van der Waals surface area contributed by atoms with Crippen LogP contribution in [0.15, 0.2) is 46.9 Å². The summed E-state index contributed by atoms with van der Waals surface area (Å²) in [5.41, 5.74) is 1.60. The van der Waals surface area contributed by atoms with E-state index in [9.17, 15) is 10.1 Å². The van der Waals surface area contributed by atoms with E-state index in [4.69, 9.17) is 4.42 Å². The highest BCUT2D eigenvalue weighted by atomic mass is 16.3. The molecule has 4 nitrogen and oxygen atoms in total. The summed E-state index contributed by atoms with van der Waals surface area (Å²) in [6.45, 7) is 5.82. The number of nitrogens with zero attached hydrogens (tertiary/aromatic N) is 1. The summed E-state index contributed by atoms with van der Waals surface area (Å²) in [6, 6.07) is 9.52. The minimum atomic E-state index is -0.412. The molecule has 0 aliphatic heterocycles. The molecule has 1 heterocycles. The lowest BCUT2D eigenvalue weighted by atomic mass is 10.1. The molecule has 106 valence electrons. The zero-order valence-corrected chi connectivity index (χ0v) is 11.8. The van der Waals surface area contributed by atoms with E-state index in [1.54, 1.807) is 12.2 Å². The Labute approximate surface area is 123 Å². The van der Waals surface area contributed by atoms with E-state index in [1.807, 2.05) is 37.3 Å². The Morgan fingerprint density at radius 1 is 1.48 bits per heavy atom. The monoisotopic (exact) mass is 280 g/mol. The summed E-state index contributed by atoms with van der Waals surface area (Å²) in [7, 11) is 0. The highest BCUT2D eigenvalue weighted by molar-refractivity contribution is 6.04. The van der Waals surface area contributed by atoms with Crippen LogP contribution in [-0.4, -0.2) is 12.5 Å². The van der Waals surface area contributed by atoms with Gasteiger partial charge in [-0.25, -0.2) is 0 Å². The molecule has 21 heavy (non-hydrogen) atoms. The first-order valence-corrected chi connectivity index (χ1v) is 6.72. The molecule has 0 saturated carbocycles. The van der Waals surface area contributed by atoms with E-state index in [-0.39, 0.29) is 5.57 Å². The second kappa shape index (κ2) is 6.58. The smallest absolute Gasteiger partial charge is 0.262 e. The third-order valence-corrected chi connectivity index (χ3v) is 3.09. The van der Waals surface area contributed by atoms with Crippen LogP contribution in [0.4, 0.5) is 0 Å². The lowest BCUT2D eigenvalue weighted by Gasteiger charge is -2.00. The lowest BCUT2D eigenvalue weighted by Crippen LogP contribution is -2.24. The molecule has 0 unspecified atom stereocenters. The number of nitrogens with one attached hydrogen (secondary N) is 1. The highest BCUT2D eigenvalue weighted by Crippen LogP contribution is 2.28. The summed E-state index contributed by atoms with van der Waals surface area (Å²) in [5, 5.41) is 12.7. The maximum absolute atomic E-state index is 11.9. The average molecular weight is 280 g/mol. The van der Waals surface area contributed by atoms with Crippen molar-refractivity contribution in [2.75, 3.05) is 6.54 Å². The van der Waals surface area contributed by atoms with Crippen molar-refractivity contribution in [3.05, 3.63) is 53.8 Å². The van der Waals surface area contributed by atoms with E-state index >= 15 is 0 Å². The SMILES string of the molecule is C=CCNC(=O)/C(C#N)=C/c1c(CC)oc2ccccc12. The number of benzene rings is 1. The van der Waals surface area contributed by atoms with Crippen molar-refractivity contribution in [2.24, 2.45) is 0 Å². The summed E-state index contributed by atoms with van der Waals surface area (Å²) in [6.07, 6.45) is 3.84. The van der Waals surface area contributed by atoms with Gasteiger partial charge in [0, 0.05) is 23.9 Å². The standard InChI is InChI=1S/C17H16N2O2/c1-3-9-19-17(20)12(11-18)10-14-13-7-5-6-8-16(13)21-15(14)4-2/h3,5-8,10H,1,4,9H2,2H3,(H,19,20)/b12-10+. The first kappa shape index (κ1) is 14.6. The largest absolute Gasteiger partial charge is 0.460 e. The Morgan fingerprint density at radius 3 is 2.90 bits per heavy atom. The number of aryl methyl sites for hydroxylation is 1. The zero-order valence-electron chi connectivity index (χ0n) is 11.8. The molecular weight excluding hydrogens is 264 g/mol. The molecule has 0 spiro atoms. The van der Waals surface area contributed by atoms with E-state index in [0.29, 0.717) is 13.0 Å². The van der Waals surface area contributed by atoms with Gasteiger partial charge in [0.05, 0.1) is 0 Å². The molecule has 0 atom stereocenters. The van der Waals surface area contributed by atoms with Crippen molar-refractivity contribution in [1.82, 2.24) is 5.32 Å². The Bertz CT molecular complexity index is 748. The van der Waals surface area contributed by atoms with Crippen molar-refractivity contribution in [3.63, 3.8) is 0 Å². The Balaban J connectivity index is 2.49. The minimum absolute atomic E-state index is 0.0538. The van der Waals surface area contributed by atoms with Gasteiger partial charge in [0.15, 0.2) is 0 Å². The molecule has 0 radical (unpaired) electrons. The van der Waals surface area contributed by atoms with E-state index in [0.717, 1.165) is 22.3 Å². The number of fused-ring (bicyclic) bond motifs is 1. The molecule has 0 aliphatic rings. The summed E-state index contributed by atoms with van der Waals surface area (Å²) in [5.74, 6) is 0.352. The Kier molecular flexibility index (Phi) is 4.57. The van der Waals surface area contributed by atoms with Crippen LogP contribution in [0.2, 0.25) is 0 Å². The molecule has 0 bridgehead atoms. The fourth-order valence-electron chi connectivity index (χ4n) is 2.09. The van der Waals surface area contributed by atoms with Gasteiger partial charge in [-0.3, -0.25) is 4.79 Å². The van der Waals surface area contributed by atoms with E-state index < -0.39 is 5.91 Å². The minimum Gasteiger partial charge on any atom is -0.460 e. The predicted octanol–water partition coefficient (Wildman–Crippen LogP) is 3.20. The summed E-state index contributed by atoms with van der Waals surface area (Å²) < 4.78 is 5.75. The number of hydrogen-bond donors (Lipinski definition) is 1. The van der Waals surface area contributed by atoms with Crippen LogP contribution in [0.3, 0.4) is 0 Å². The van der Waals surface area contributed by atoms with Crippen molar-refractivity contribution in [3.8, 4) is 6.07 Å². The maximum Gasteiger partial charge on any atom is 0.262 e. The van der Waals surface area contributed by atoms with Gasteiger partial charge in [0.2, 0.25) is 0 Å². The van der Waals surface area contributed by atoms with Gasteiger partial charge in [-0.15, -0.1) is 6.58 Å². The van der Waals surface area contributed by atoms with Crippen LogP contribution in [0.1, 0.15) is 18.2 Å². The molecule has 2 aromatic rings. The maximum atomic E-state index is 11.9. The molecule has 0 saturated heterocycles. The molecular formula is C17H16N2O2. The lowest BCUT2D eigenvalue weighted by molar-refractivity contribution is -0.116. The van der Waals surface area contributed by atoms with E-state index in [2.05, 4.69) is 11.9 Å². The van der Waals surface area contributed by atoms with E-state index in [1.165, 1.54) is 0 Å². The average Bonchev–Trinajstić information content (AvgIpc) is 2.87. The first-order valence-electron chi connectivity index (χ1n) is 6.72. The van der Waals surface area contributed by atoms with Crippen LogP contribution >= 0.6 is 0 Å². The molecule has 0 aliphatic carbocycles. The number of carbonyl (C=O) groups excluding carboxylic acids is 1. The molecule has 1 amide bonds. The number of hydrogen-bond acceptors (Lipinski definition) is 3. The Morgan fingerprint density at radius 2 is 2.24 bits per heavy atom. The predicted molar refractivity (Wildman–Crippen MR) is 82.4 cm³/mol. The zero-order chi connectivity index (χ0) is 15.2. The molecule has 2 rings (SSSR count). The normalized spacial score (nSPS) is 11.1. The topological polar surface area (TPSA) is 66.0 Å². The molecule has 4 heteroatoms. The Hall–Kier alpha value is -2.80. The number of carbonyl (C=O) groups is 1. The van der Waals surface area contributed by atoms with Crippen LogP contribution in [0.5, 0.6) is 0 Å². The molecule has 0 fully saturated rings. The van der Waals surface area contributed by atoms with Crippen molar-refractivity contribution >= 4 is 23.0 Å². The van der Waals surface area contributed by atoms with Gasteiger partial charge in [0.25, 0.3) is 5.91 Å². The molecule has 1 aromatic heterocycles. The van der Waals surface area contributed by atoms with Crippen molar-refractivity contribution in [2.45, 2.75) is 13.3 Å². The van der Waals surface area contributed by atoms with Gasteiger partial charge in [-0.2, -0.15) is 5.26 Å². The second-order valence-electron chi connectivity index (χ2n) is 4.46. The summed E-state index contributed by atoms with van der Waals surface area (Å²) in [4.78, 5) is 11.9. The quantitative estimate of drug-likeness (QED) is 0.519. The number of furan rings is 1. The third kappa shape index (κ3) is 3.03. The third-order valence-electron chi connectivity index (χ3n) is 3.09.